The summed E-state index contributed by atoms with van der Waals surface area (Å²) in [5.74, 6) is 1.81. The third-order valence-electron chi connectivity index (χ3n) is 3.70. The SMILES string of the molecule is CCCC(CC)CC1CCN(C#N)CC1. The molecule has 0 amide bonds. The molecular formula is C13H24N2. The van der Waals surface area contributed by atoms with E-state index < -0.39 is 0 Å². The van der Waals surface area contributed by atoms with E-state index in [1.165, 1.54) is 38.5 Å². The lowest BCUT2D eigenvalue weighted by Gasteiger charge is -2.30. The molecule has 0 spiro atoms. The Morgan fingerprint density at radius 2 is 2.00 bits per heavy atom. The van der Waals surface area contributed by atoms with E-state index in [1.54, 1.807) is 0 Å². The van der Waals surface area contributed by atoms with Crippen LogP contribution in [0.1, 0.15) is 52.4 Å². The highest BCUT2D eigenvalue weighted by molar-refractivity contribution is 4.81. The van der Waals surface area contributed by atoms with Gasteiger partial charge in [0.1, 0.15) is 0 Å². The van der Waals surface area contributed by atoms with Crippen LogP contribution in [0.4, 0.5) is 0 Å². The van der Waals surface area contributed by atoms with Crippen LogP contribution >= 0.6 is 0 Å². The van der Waals surface area contributed by atoms with E-state index in [9.17, 15) is 0 Å². The molecule has 0 aliphatic carbocycles. The summed E-state index contributed by atoms with van der Waals surface area (Å²) in [7, 11) is 0. The van der Waals surface area contributed by atoms with E-state index in [1.807, 2.05) is 4.90 Å². The largest absolute Gasteiger partial charge is 0.311 e. The zero-order valence-electron chi connectivity index (χ0n) is 10.2. The molecule has 1 rings (SSSR count). The smallest absolute Gasteiger partial charge is 0.179 e. The molecule has 0 bridgehead atoms. The molecule has 1 heterocycles. The summed E-state index contributed by atoms with van der Waals surface area (Å²) >= 11 is 0. The van der Waals surface area contributed by atoms with Gasteiger partial charge in [0, 0.05) is 13.1 Å². The topological polar surface area (TPSA) is 27.0 Å². The van der Waals surface area contributed by atoms with Crippen LogP contribution in [-0.2, 0) is 0 Å². The first-order valence-corrected chi connectivity index (χ1v) is 6.44. The molecule has 1 aliphatic heterocycles. The monoisotopic (exact) mass is 208 g/mol. The van der Waals surface area contributed by atoms with Gasteiger partial charge in [-0.1, -0.05) is 33.1 Å². The number of likely N-dealkylation sites (tertiary alicyclic amines) is 1. The third kappa shape index (κ3) is 4.11. The molecule has 1 saturated heterocycles. The van der Waals surface area contributed by atoms with E-state index in [0.717, 1.165) is 24.9 Å². The minimum atomic E-state index is 0.881. The average Bonchev–Trinajstić information content (AvgIpc) is 2.29. The van der Waals surface area contributed by atoms with Gasteiger partial charge in [0.15, 0.2) is 6.19 Å². The molecule has 86 valence electrons. The van der Waals surface area contributed by atoms with Gasteiger partial charge in [0.25, 0.3) is 0 Å². The zero-order chi connectivity index (χ0) is 11.1. The average molecular weight is 208 g/mol. The number of hydrogen-bond acceptors (Lipinski definition) is 2. The van der Waals surface area contributed by atoms with Gasteiger partial charge in [0.05, 0.1) is 0 Å². The summed E-state index contributed by atoms with van der Waals surface area (Å²) in [6, 6.07) is 0. The molecule has 0 aromatic carbocycles. The van der Waals surface area contributed by atoms with Crippen LogP contribution in [-0.4, -0.2) is 18.0 Å². The van der Waals surface area contributed by atoms with Crippen LogP contribution in [0.15, 0.2) is 0 Å². The first-order valence-electron chi connectivity index (χ1n) is 6.44. The lowest BCUT2D eigenvalue weighted by Crippen LogP contribution is -2.30. The molecule has 0 aromatic rings. The van der Waals surface area contributed by atoms with Crippen LogP contribution < -0.4 is 0 Å². The maximum absolute atomic E-state index is 8.77. The normalized spacial score (nSPS) is 19.9. The van der Waals surface area contributed by atoms with E-state index >= 15 is 0 Å². The molecule has 2 nitrogen and oxygen atoms in total. The van der Waals surface area contributed by atoms with Gasteiger partial charge in [-0.2, -0.15) is 5.26 Å². The quantitative estimate of drug-likeness (QED) is 0.647. The maximum atomic E-state index is 8.77. The highest BCUT2D eigenvalue weighted by Gasteiger charge is 2.20. The van der Waals surface area contributed by atoms with Crippen molar-refractivity contribution < 1.29 is 0 Å². The van der Waals surface area contributed by atoms with Gasteiger partial charge >= 0.3 is 0 Å². The number of nitrogens with zero attached hydrogens (tertiary/aromatic N) is 2. The molecule has 0 saturated carbocycles. The summed E-state index contributed by atoms with van der Waals surface area (Å²) in [5.41, 5.74) is 0. The van der Waals surface area contributed by atoms with Crippen molar-refractivity contribution in [3.63, 3.8) is 0 Å². The van der Waals surface area contributed by atoms with Crippen molar-refractivity contribution in [2.45, 2.75) is 52.4 Å². The van der Waals surface area contributed by atoms with Gasteiger partial charge in [-0.3, -0.25) is 0 Å². The van der Waals surface area contributed by atoms with Crippen LogP contribution in [0.25, 0.3) is 0 Å². The second-order valence-corrected chi connectivity index (χ2v) is 4.83. The first kappa shape index (κ1) is 12.4. The van der Waals surface area contributed by atoms with Crippen molar-refractivity contribution in [2.24, 2.45) is 11.8 Å². The summed E-state index contributed by atoms with van der Waals surface area (Å²) < 4.78 is 0. The molecule has 0 N–H and O–H groups in total. The number of nitriles is 1. The molecule has 1 aliphatic rings. The second-order valence-electron chi connectivity index (χ2n) is 4.83. The Hall–Kier alpha value is -0.710. The Morgan fingerprint density at radius 3 is 2.47 bits per heavy atom. The van der Waals surface area contributed by atoms with Crippen LogP contribution in [0.2, 0.25) is 0 Å². The molecule has 1 unspecified atom stereocenters. The predicted molar refractivity (Wildman–Crippen MR) is 63.2 cm³/mol. The van der Waals surface area contributed by atoms with E-state index in [-0.39, 0.29) is 0 Å². The summed E-state index contributed by atoms with van der Waals surface area (Å²) in [6.07, 6.45) is 10.1. The van der Waals surface area contributed by atoms with E-state index in [4.69, 9.17) is 5.26 Å². The molecular weight excluding hydrogens is 184 g/mol. The van der Waals surface area contributed by atoms with E-state index in [0.29, 0.717) is 0 Å². The van der Waals surface area contributed by atoms with Crippen LogP contribution in [0.3, 0.4) is 0 Å². The Balaban J connectivity index is 2.25. The van der Waals surface area contributed by atoms with Crippen molar-refractivity contribution in [3.8, 4) is 6.19 Å². The molecule has 2 heteroatoms. The summed E-state index contributed by atoms with van der Waals surface area (Å²) in [5, 5.41) is 8.77. The van der Waals surface area contributed by atoms with Crippen LogP contribution in [0, 0.1) is 23.3 Å². The predicted octanol–water partition coefficient (Wildman–Crippen LogP) is 3.40. The Labute approximate surface area is 94.3 Å². The third-order valence-corrected chi connectivity index (χ3v) is 3.70. The highest BCUT2D eigenvalue weighted by Crippen LogP contribution is 2.27. The van der Waals surface area contributed by atoms with Gasteiger partial charge in [0.2, 0.25) is 0 Å². The fourth-order valence-corrected chi connectivity index (χ4v) is 2.64. The van der Waals surface area contributed by atoms with Gasteiger partial charge in [-0.05, 0) is 31.1 Å². The second kappa shape index (κ2) is 6.71. The maximum Gasteiger partial charge on any atom is 0.179 e. The van der Waals surface area contributed by atoms with Crippen molar-refractivity contribution in [2.75, 3.05) is 13.1 Å². The summed E-state index contributed by atoms with van der Waals surface area (Å²) in [4.78, 5) is 1.90. The van der Waals surface area contributed by atoms with Crippen LogP contribution in [0.5, 0.6) is 0 Å². The molecule has 15 heavy (non-hydrogen) atoms. The molecule has 0 aromatic heterocycles. The van der Waals surface area contributed by atoms with Gasteiger partial charge < -0.3 is 4.90 Å². The first-order chi connectivity index (χ1) is 7.30. The lowest BCUT2D eigenvalue weighted by molar-refractivity contribution is 0.214. The zero-order valence-corrected chi connectivity index (χ0v) is 10.2. The number of rotatable bonds is 5. The highest BCUT2D eigenvalue weighted by atomic mass is 15.1. The summed E-state index contributed by atoms with van der Waals surface area (Å²) in [6.45, 7) is 6.57. The Bertz CT molecular complexity index is 199. The Kier molecular flexibility index (Phi) is 5.53. The van der Waals surface area contributed by atoms with Crippen molar-refractivity contribution in [3.05, 3.63) is 0 Å². The van der Waals surface area contributed by atoms with E-state index in [2.05, 4.69) is 20.0 Å². The standard InChI is InChI=1S/C13H24N2/c1-3-5-12(4-2)10-13-6-8-15(11-14)9-7-13/h12-13H,3-10H2,1-2H3. The molecule has 1 fully saturated rings. The number of piperidine rings is 1. The van der Waals surface area contributed by atoms with Gasteiger partial charge in [-0.15, -0.1) is 0 Å². The van der Waals surface area contributed by atoms with Crippen molar-refractivity contribution >= 4 is 0 Å². The fourth-order valence-electron chi connectivity index (χ4n) is 2.64. The minimum Gasteiger partial charge on any atom is -0.311 e. The van der Waals surface area contributed by atoms with Crippen molar-refractivity contribution in [1.29, 1.82) is 5.26 Å². The molecule has 0 radical (unpaired) electrons. The lowest BCUT2D eigenvalue weighted by atomic mass is 9.84. The van der Waals surface area contributed by atoms with Crippen molar-refractivity contribution in [1.82, 2.24) is 4.90 Å². The molecule has 1 atom stereocenters. The van der Waals surface area contributed by atoms with Gasteiger partial charge in [-0.25, -0.2) is 0 Å². The fraction of sp³-hybridized carbons (Fsp3) is 0.923. The Morgan fingerprint density at radius 1 is 1.33 bits per heavy atom. The minimum absolute atomic E-state index is 0.881. The number of hydrogen-bond donors (Lipinski definition) is 0.